The molecule has 0 aliphatic heterocycles. The number of hydrogen-bond donors (Lipinski definition) is 0. The predicted octanol–water partition coefficient (Wildman–Crippen LogP) is 3.26. The quantitative estimate of drug-likeness (QED) is 0.398. The maximum Gasteiger partial charge on any atom is 0.305 e. The second-order valence-corrected chi connectivity index (χ2v) is 4.10. The molecule has 4 heteroatoms. The monoisotopic (exact) mass is 212 g/mol. The molecule has 12 heavy (non-hydrogen) atoms. The zero-order valence-corrected chi connectivity index (χ0v) is 8.91. The van der Waals surface area contributed by atoms with Crippen molar-refractivity contribution in [1.82, 2.24) is 0 Å². The molecule has 0 saturated heterocycles. The molecule has 0 bridgehead atoms. The number of carbonyl (C=O) groups excluding carboxylic acids is 1. The minimum absolute atomic E-state index is 0.448. The van der Waals surface area contributed by atoms with Crippen LogP contribution >= 0.6 is 23.2 Å². The third kappa shape index (κ3) is 6.74. The van der Waals surface area contributed by atoms with Crippen LogP contribution in [0.15, 0.2) is 0 Å². The van der Waals surface area contributed by atoms with Gasteiger partial charge in [0.1, 0.15) is 0 Å². The lowest BCUT2D eigenvalue weighted by molar-refractivity contribution is -0.145. The van der Waals surface area contributed by atoms with E-state index in [4.69, 9.17) is 23.2 Å². The Hall–Kier alpha value is 0.0500. The van der Waals surface area contributed by atoms with Crippen LogP contribution in [0.4, 0.5) is 0 Å². The first-order valence-corrected chi connectivity index (χ1v) is 4.81. The van der Waals surface area contributed by atoms with Crippen molar-refractivity contribution in [3.63, 3.8) is 0 Å². The number of ether oxygens (including phenoxy) is 1. The fourth-order valence-electron chi connectivity index (χ4n) is 0.842. The smallest absolute Gasteiger partial charge is 0.305 e. The molecular weight excluding hydrogens is 199 g/mol. The van der Waals surface area contributed by atoms with Crippen molar-refractivity contribution < 1.29 is 9.53 Å². The summed E-state index contributed by atoms with van der Waals surface area (Å²) in [6.45, 7) is 3.37. The van der Waals surface area contributed by atoms with Crippen LogP contribution in [-0.2, 0) is 9.53 Å². The predicted molar refractivity (Wildman–Crippen MR) is 50.3 cm³/mol. The number of unbranched alkanes of at least 4 members (excludes halogenated alkanes) is 2. The number of alkyl halides is 2. The number of carbonyl (C=O) groups is 1. The molecule has 0 aliphatic rings. The molecule has 0 unspecified atom stereocenters. The molecule has 0 aliphatic carbocycles. The first kappa shape index (κ1) is 12.0. The molecule has 0 amide bonds. The Morgan fingerprint density at radius 1 is 1.42 bits per heavy atom. The topological polar surface area (TPSA) is 26.3 Å². The first-order chi connectivity index (χ1) is 5.48. The van der Waals surface area contributed by atoms with Crippen LogP contribution in [0.25, 0.3) is 0 Å². The molecule has 0 atom stereocenters. The van der Waals surface area contributed by atoms with Gasteiger partial charge in [0.15, 0.2) is 0 Å². The molecule has 0 radical (unpaired) electrons. The lowest BCUT2D eigenvalue weighted by atomic mass is 10.2. The lowest BCUT2D eigenvalue weighted by Crippen LogP contribution is -2.20. The number of halogens is 2. The molecule has 0 heterocycles. The van der Waals surface area contributed by atoms with E-state index in [1.165, 1.54) is 6.92 Å². The van der Waals surface area contributed by atoms with Gasteiger partial charge in [0, 0.05) is 13.3 Å². The third-order valence-electron chi connectivity index (χ3n) is 1.36. The van der Waals surface area contributed by atoms with E-state index in [1.54, 1.807) is 0 Å². The van der Waals surface area contributed by atoms with Gasteiger partial charge in [-0.05, 0) is 6.42 Å². The highest BCUT2D eigenvalue weighted by molar-refractivity contribution is 6.47. The van der Waals surface area contributed by atoms with Crippen molar-refractivity contribution in [1.29, 1.82) is 0 Å². The molecule has 0 rings (SSSR count). The van der Waals surface area contributed by atoms with Gasteiger partial charge in [-0.3, -0.25) is 4.79 Å². The summed E-state index contributed by atoms with van der Waals surface area (Å²) < 4.78 is 3.34. The highest BCUT2D eigenvalue weighted by Crippen LogP contribution is 2.29. The summed E-state index contributed by atoms with van der Waals surface area (Å²) in [7, 11) is 0. The SMILES string of the molecule is CCCCCC(Cl)(Cl)OC(C)=O. The molecule has 0 aromatic carbocycles. The van der Waals surface area contributed by atoms with Crippen LogP contribution in [-0.4, -0.2) is 10.5 Å². The van der Waals surface area contributed by atoms with Crippen molar-refractivity contribution in [3.8, 4) is 0 Å². The summed E-state index contributed by atoms with van der Waals surface area (Å²) in [5.74, 6) is -0.448. The Balaban J connectivity index is 3.63. The average Bonchev–Trinajstić information content (AvgIpc) is 1.84. The van der Waals surface area contributed by atoms with Gasteiger partial charge >= 0.3 is 5.97 Å². The molecule has 0 fully saturated rings. The second-order valence-electron chi connectivity index (χ2n) is 2.69. The van der Waals surface area contributed by atoms with Gasteiger partial charge in [-0.2, -0.15) is 0 Å². The molecule has 0 N–H and O–H groups in total. The van der Waals surface area contributed by atoms with Gasteiger partial charge in [-0.25, -0.2) is 0 Å². The number of rotatable bonds is 5. The normalized spacial score (nSPS) is 11.3. The van der Waals surface area contributed by atoms with Crippen LogP contribution < -0.4 is 0 Å². The van der Waals surface area contributed by atoms with Gasteiger partial charge in [0.05, 0.1) is 0 Å². The summed E-state index contributed by atoms with van der Waals surface area (Å²) in [6, 6.07) is 0. The molecule has 2 nitrogen and oxygen atoms in total. The van der Waals surface area contributed by atoms with Crippen molar-refractivity contribution in [3.05, 3.63) is 0 Å². The van der Waals surface area contributed by atoms with Crippen molar-refractivity contribution in [2.24, 2.45) is 0 Å². The van der Waals surface area contributed by atoms with Crippen molar-refractivity contribution >= 4 is 29.2 Å². The Bertz CT molecular complexity index is 146. The average molecular weight is 213 g/mol. The minimum Gasteiger partial charge on any atom is -0.429 e. The minimum atomic E-state index is -1.33. The van der Waals surface area contributed by atoms with E-state index in [-0.39, 0.29) is 0 Å². The van der Waals surface area contributed by atoms with E-state index >= 15 is 0 Å². The van der Waals surface area contributed by atoms with E-state index < -0.39 is 10.5 Å². The Labute approximate surface area is 83.2 Å². The maximum atomic E-state index is 10.5. The molecular formula is C8H14Cl2O2. The van der Waals surface area contributed by atoms with Gasteiger partial charge in [-0.1, -0.05) is 43.0 Å². The fraction of sp³-hybridized carbons (Fsp3) is 0.875. The largest absolute Gasteiger partial charge is 0.429 e. The molecule has 0 aromatic heterocycles. The van der Waals surface area contributed by atoms with E-state index in [9.17, 15) is 4.79 Å². The Morgan fingerprint density at radius 2 is 2.00 bits per heavy atom. The molecule has 72 valence electrons. The molecule has 0 spiro atoms. The van der Waals surface area contributed by atoms with Gasteiger partial charge in [0.2, 0.25) is 0 Å². The van der Waals surface area contributed by atoms with Crippen LogP contribution in [0.2, 0.25) is 0 Å². The molecule has 0 saturated carbocycles. The van der Waals surface area contributed by atoms with E-state index in [2.05, 4.69) is 11.7 Å². The summed E-state index contributed by atoms with van der Waals surface area (Å²) in [5.41, 5.74) is 0. The van der Waals surface area contributed by atoms with Gasteiger partial charge in [0.25, 0.3) is 4.52 Å². The summed E-state index contributed by atoms with van der Waals surface area (Å²) in [4.78, 5) is 10.5. The summed E-state index contributed by atoms with van der Waals surface area (Å²) in [6.07, 6.45) is 3.49. The summed E-state index contributed by atoms with van der Waals surface area (Å²) >= 11 is 11.4. The third-order valence-corrected chi connectivity index (χ3v) is 1.90. The van der Waals surface area contributed by atoms with Crippen LogP contribution in [0.5, 0.6) is 0 Å². The standard InChI is InChI=1S/C8H14Cl2O2/c1-3-4-5-6-8(9,10)12-7(2)11/h3-6H2,1-2H3. The highest BCUT2D eigenvalue weighted by Gasteiger charge is 2.26. The van der Waals surface area contributed by atoms with Crippen LogP contribution in [0.1, 0.15) is 39.5 Å². The van der Waals surface area contributed by atoms with E-state index in [0.717, 1.165) is 19.3 Å². The zero-order chi connectivity index (χ0) is 9.61. The van der Waals surface area contributed by atoms with Crippen LogP contribution in [0.3, 0.4) is 0 Å². The zero-order valence-electron chi connectivity index (χ0n) is 7.40. The number of esters is 1. The van der Waals surface area contributed by atoms with Crippen molar-refractivity contribution in [2.45, 2.75) is 44.1 Å². The Morgan fingerprint density at radius 3 is 2.42 bits per heavy atom. The van der Waals surface area contributed by atoms with E-state index in [0.29, 0.717) is 6.42 Å². The number of hydrogen-bond acceptors (Lipinski definition) is 2. The lowest BCUT2D eigenvalue weighted by Gasteiger charge is -2.18. The fourth-order valence-corrected chi connectivity index (χ4v) is 1.33. The summed E-state index contributed by atoms with van der Waals surface area (Å²) in [5, 5.41) is 0. The highest BCUT2D eigenvalue weighted by atomic mass is 35.5. The molecule has 0 aromatic rings. The Kier molecular flexibility index (Phi) is 5.68. The van der Waals surface area contributed by atoms with Crippen LogP contribution in [0, 0.1) is 0 Å². The van der Waals surface area contributed by atoms with Gasteiger partial charge < -0.3 is 4.74 Å². The second kappa shape index (κ2) is 5.65. The first-order valence-electron chi connectivity index (χ1n) is 4.05. The maximum absolute atomic E-state index is 10.5. The van der Waals surface area contributed by atoms with Gasteiger partial charge in [-0.15, -0.1) is 0 Å². The van der Waals surface area contributed by atoms with E-state index in [1.807, 2.05) is 0 Å². The van der Waals surface area contributed by atoms with Crippen molar-refractivity contribution in [2.75, 3.05) is 0 Å².